The van der Waals surface area contributed by atoms with Gasteiger partial charge in [-0.2, -0.15) is 0 Å². The number of benzene rings is 14. The number of hydrogen-bond acceptors (Lipinski definition) is 8. The fraction of sp³-hybridized carbons (Fsp3) is 0. The summed E-state index contributed by atoms with van der Waals surface area (Å²) in [5, 5.41) is 17.8. The third-order valence-electron chi connectivity index (χ3n) is 17.1. The summed E-state index contributed by atoms with van der Waals surface area (Å²) in [5.41, 5.74) is 10.7. The van der Waals surface area contributed by atoms with Crippen LogP contribution in [-0.2, 0) is 0 Å². The van der Waals surface area contributed by atoms with Crippen molar-refractivity contribution in [2.45, 2.75) is 0 Å². The molecule has 398 valence electrons. The van der Waals surface area contributed by atoms with Gasteiger partial charge in [0.15, 0.2) is 34.9 Å². The van der Waals surface area contributed by atoms with Gasteiger partial charge in [0.2, 0.25) is 0 Å². The Morgan fingerprint density at radius 1 is 0.186 bits per heavy atom. The predicted octanol–water partition coefficient (Wildman–Crippen LogP) is 20.4. The Morgan fingerprint density at radius 3 is 1.31 bits per heavy atom. The molecule has 8 nitrogen and oxygen atoms in total. The molecule has 0 saturated carbocycles. The number of furan rings is 2. The van der Waals surface area contributed by atoms with Crippen molar-refractivity contribution in [3.8, 4) is 79.5 Å². The van der Waals surface area contributed by atoms with Gasteiger partial charge >= 0.3 is 0 Å². The summed E-state index contributed by atoms with van der Waals surface area (Å²) in [4.78, 5) is 31.4. The summed E-state index contributed by atoms with van der Waals surface area (Å²) in [6, 6.07) is 93.2. The molecule has 0 saturated heterocycles. The van der Waals surface area contributed by atoms with Crippen molar-refractivity contribution in [3.05, 3.63) is 267 Å². The molecule has 86 heavy (non-hydrogen) atoms. The average molecular weight is 1100 g/mol. The highest BCUT2D eigenvalue weighted by Gasteiger charge is 2.22. The van der Waals surface area contributed by atoms with Crippen molar-refractivity contribution in [2.75, 3.05) is 0 Å². The zero-order valence-corrected chi connectivity index (χ0v) is 45.9. The first kappa shape index (κ1) is 47.9. The molecule has 0 amide bonds. The first-order valence-electron chi connectivity index (χ1n) is 28.8. The van der Waals surface area contributed by atoms with E-state index in [4.69, 9.17) is 38.7 Å². The smallest absolute Gasteiger partial charge is 0.164 e. The summed E-state index contributed by atoms with van der Waals surface area (Å²) < 4.78 is 13.1. The normalized spacial score (nSPS) is 12.0. The van der Waals surface area contributed by atoms with Gasteiger partial charge in [-0.15, -0.1) is 0 Å². The van der Waals surface area contributed by atoms with Gasteiger partial charge in [0.1, 0.15) is 22.3 Å². The fourth-order valence-electron chi connectivity index (χ4n) is 13.1. The van der Waals surface area contributed by atoms with Gasteiger partial charge in [0.05, 0.1) is 0 Å². The van der Waals surface area contributed by atoms with E-state index in [1.807, 2.05) is 91.0 Å². The minimum absolute atomic E-state index is 0.572. The van der Waals surface area contributed by atoms with Crippen LogP contribution in [0.3, 0.4) is 0 Å². The van der Waals surface area contributed by atoms with Gasteiger partial charge < -0.3 is 8.83 Å². The Labute approximate surface area is 491 Å². The largest absolute Gasteiger partial charge is 0.456 e. The second-order valence-electron chi connectivity index (χ2n) is 22.1. The second-order valence-corrected chi connectivity index (χ2v) is 22.1. The molecule has 18 aromatic rings. The Morgan fingerprint density at radius 2 is 0.605 bits per heavy atom. The lowest BCUT2D eigenvalue weighted by Gasteiger charge is -2.13. The van der Waals surface area contributed by atoms with E-state index >= 15 is 0 Å². The third kappa shape index (κ3) is 7.63. The molecule has 0 atom stereocenters. The highest BCUT2D eigenvalue weighted by Crippen LogP contribution is 2.43. The first-order chi connectivity index (χ1) is 42.6. The van der Waals surface area contributed by atoms with Crippen LogP contribution in [0.4, 0.5) is 0 Å². The topological polar surface area (TPSA) is 104 Å². The average Bonchev–Trinajstić information content (AvgIpc) is 1.59. The number of fused-ring (bicyclic) bond motifs is 16. The number of hydrogen-bond donors (Lipinski definition) is 0. The first-order valence-corrected chi connectivity index (χ1v) is 28.8. The van der Waals surface area contributed by atoms with Crippen LogP contribution in [0.25, 0.3) is 188 Å². The summed E-state index contributed by atoms with van der Waals surface area (Å²) >= 11 is 0. The number of para-hydroxylation sites is 1. The van der Waals surface area contributed by atoms with Gasteiger partial charge in [0.25, 0.3) is 0 Å². The zero-order valence-electron chi connectivity index (χ0n) is 45.9. The van der Waals surface area contributed by atoms with Crippen molar-refractivity contribution in [2.24, 2.45) is 0 Å². The molecule has 0 aliphatic heterocycles. The predicted molar refractivity (Wildman–Crippen MR) is 351 cm³/mol. The van der Waals surface area contributed by atoms with E-state index in [-0.39, 0.29) is 0 Å². The maximum absolute atomic E-state index is 6.79. The van der Waals surface area contributed by atoms with E-state index in [9.17, 15) is 0 Å². The molecule has 0 aliphatic rings. The Balaban J connectivity index is 0.741. The highest BCUT2D eigenvalue weighted by atomic mass is 16.3. The molecule has 18 rings (SSSR count). The molecule has 4 heterocycles. The highest BCUT2D eigenvalue weighted by molar-refractivity contribution is 6.23. The molecule has 0 fully saturated rings. The number of nitrogens with zero attached hydrogens (tertiary/aromatic N) is 6. The SMILES string of the molecule is c1ccc(-c2nc(-c3ccc4ccc5ccc6cc(-c7ccc8c(c7)oc7cccc(-c9nc(-c%10ccccc%10)nc(-c%10cccc%11c%10ccc%10ccc%12ccccc%12c%10%11)n9)c78)ccc6c5c4c3)nc(-c3cccc4oc5ccccc5c34)n2)cc1. The van der Waals surface area contributed by atoms with Gasteiger partial charge in [-0.05, 0) is 118 Å². The van der Waals surface area contributed by atoms with Crippen LogP contribution in [0.2, 0.25) is 0 Å². The van der Waals surface area contributed by atoms with E-state index in [1.54, 1.807) is 0 Å². The van der Waals surface area contributed by atoms with Crippen LogP contribution >= 0.6 is 0 Å². The molecular weight excluding hydrogens is 1050 g/mol. The van der Waals surface area contributed by atoms with Crippen molar-refractivity contribution in [3.63, 3.8) is 0 Å². The molecule has 14 aromatic carbocycles. The fourth-order valence-corrected chi connectivity index (χ4v) is 13.1. The summed E-state index contributed by atoms with van der Waals surface area (Å²) in [5.74, 6) is 3.55. The molecule has 8 heteroatoms. The van der Waals surface area contributed by atoms with Gasteiger partial charge in [-0.3, -0.25) is 0 Å². The van der Waals surface area contributed by atoms with Crippen LogP contribution < -0.4 is 0 Å². The van der Waals surface area contributed by atoms with Crippen molar-refractivity contribution < 1.29 is 8.83 Å². The minimum Gasteiger partial charge on any atom is -0.456 e. The van der Waals surface area contributed by atoms with Crippen LogP contribution in [-0.4, -0.2) is 29.9 Å². The minimum atomic E-state index is 0.572. The molecule has 0 unspecified atom stereocenters. The van der Waals surface area contributed by atoms with Crippen molar-refractivity contribution in [1.82, 2.24) is 29.9 Å². The standard InChI is InChI=1S/C78H44N6O2/c1-3-15-49(16-4-1)73-79-75(83-77(81-73)62-23-12-26-66-71(62)60-20-9-10-25-65(60)85-66)54-35-30-46-29-32-47-33-34-53-42-51(37-39-56(53)70(47)64(46)43-54)52-38-41-61-68(44-52)86-67-27-13-24-63(72(61)67)78-82-74(50-17-5-2-6-18-50)80-76(84-78)59-22-11-21-58-57(59)40-36-48-31-28-45-14-7-8-19-55(45)69(48)58/h1-44H. The van der Waals surface area contributed by atoms with E-state index in [0.29, 0.717) is 34.9 Å². The van der Waals surface area contributed by atoms with Gasteiger partial charge in [-0.25, -0.2) is 29.9 Å². The van der Waals surface area contributed by atoms with Crippen molar-refractivity contribution in [1.29, 1.82) is 0 Å². The monoisotopic (exact) mass is 1100 g/mol. The Kier molecular flexibility index (Phi) is 10.5. The molecule has 0 N–H and O–H groups in total. The zero-order chi connectivity index (χ0) is 56.4. The Hall–Kier alpha value is -11.7. The number of aromatic nitrogens is 6. The van der Waals surface area contributed by atoms with Gasteiger partial charge in [0, 0.05) is 54.9 Å². The Bertz CT molecular complexity index is 5860. The second kappa shape index (κ2) is 18.9. The molecule has 0 bridgehead atoms. The van der Waals surface area contributed by atoms with Gasteiger partial charge in [-0.1, -0.05) is 224 Å². The van der Waals surface area contributed by atoms with E-state index in [0.717, 1.165) is 126 Å². The molecular formula is C78H44N6O2. The lowest BCUT2D eigenvalue weighted by atomic mass is 9.93. The molecule has 4 aromatic heterocycles. The van der Waals surface area contributed by atoms with Crippen LogP contribution in [0.5, 0.6) is 0 Å². The number of rotatable bonds is 7. The van der Waals surface area contributed by atoms with Crippen LogP contribution in [0.1, 0.15) is 0 Å². The lowest BCUT2D eigenvalue weighted by molar-refractivity contribution is 0.668. The molecule has 0 radical (unpaired) electrons. The third-order valence-corrected chi connectivity index (χ3v) is 17.1. The van der Waals surface area contributed by atoms with Crippen molar-refractivity contribution >= 4 is 109 Å². The summed E-state index contributed by atoms with van der Waals surface area (Å²) in [7, 11) is 0. The van der Waals surface area contributed by atoms with Crippen LogP contribution in [0.15, 0.2) is 276 Å². The maximum Gasteiger partial charge on any atom is 0.164 e. The quantitative estimate of drug-likeness (QED) is 0.145. The lowest BCUT2D eigenvalue weighted by Crippen LogP contribution is -2.01. The van der Waals surface area contributed by atoms with E-state index in [1.165, 1.54) is 26.9 Å². The summed E-state index contributed by atoms with van der Waals surface area (Å²) in [6.07, 6.45) is 0. The maximum atomic E-state index is 6.79. The summed E-state index contributed by atoms with van der Waals surface area (Å²) in [6.45, 7) is 0. The van der Waals surface area contributed by atoms with E-state index < -0.39 is 0 Å². The molecule has 0 aliphatic carbocycles. The molecule has 0 spiro atoms. The van der Waals surface area contributed by atoms with E-state index in [2.05, 4.69) is 176 Å². The van der Waals surface area contributed by atoms with Crippen LogP contribution in [0, 0.1) is 0 Å².